The molecule has 2 aromatic rings. The van der Waals surface area contributed by atoms with Crippen LogP contribution in [0, 0.1) is 6.92 Å². The lowest BCUT2D eigenvalue weighted by molar-refractivity contribution is 0.414. The number of aryl methyl sites for hydroxylation is 1. The largest absolute Gasteiger partial charge is 0.497 e. The molecule has 0 saturated heterocycles. The highest BCUT2D eigenvalue weighted by Crippen LogP contribution is 2.21. The number of halogens is 1. The average molecular weight is 370 g/mol. The molecule has 0 aliphatic rings. The maximum atomic E-state index is 12.3. The first kappa shape index (κ1) is 16.0. The van der Waals surface area contributed by atoms with Crippen LogP contribution in [0.4, 0.5) is 0 Å². The van der Waals surface area contributed by atoms with Crippen LogP contribution in [0.5, 0.6) is 5.75 Å². The van der Waals surface area contributed by atoms with Crippen molar-refractivity contribution < 1.29 is 13.2 Å². The summed E-state index contributed by atoms with van der Waals surface area (Å²) >= 11 is 3.29. The van der Waals surface area contributed by atoms with Crippen molar-refractivity contribution in [3.63, 3.8) is 0 Å². The molecule has 0 bridgehead atoms. The van der Waals surface area contributed by atoms with Crippen molar-refractivity contribution in [2.45, 2.75) is 18.4 Å². The maximum absolute atomic E-state index is 12.3. The first-order valence-electron chi connectivity index (χ1n) is 6.31. The summed E-state index contributed by atoms with van der Waals surface area (Å²) in [5.74, 6) is 0.740. The van der Waals surface area contributed by atoms with E-state index in [-0.39, 0.29) is 11.4 Å². The van der Waals surface area contributed by atoms with E-state index in [1.54, 1.807) is 38.3 Å². The standard InChI is InChI=1S/C15H16BrNO3S/c1-11-3-6-13(16)9-15(11)21(18,19)17-10-12-4-7-14(20-2)8-5-12/h3-9,17H,10H2,1-2H3. The number of methoxy groups -OCH3 is 1. The molecule has 0 radical (unpaired) electrons. The van der Waals surface area contributed by atoms with E-state index in [1.807, 2.05) is 18.2 Å². The molecule has 0 aliphatic carbocycles. The quantitative estimate of drug-likeness (QED) is 0.879. The molecule has 1 N–H and O–H groups in total. The first-order chi connectivity index (χ1) is 9.92. The van der Waals surface area contributed by atoms with Gasteiger partial charge in [0.1, 0.15) is 5.75 Å². The van der Waals surface area contributed by atoms with Crippen LogP contribution >= 0.6 is 15.9 Å². The van der Waals surface area contributed by atoms with Crippen LogP contribution < -0.4 is 9.46 Å². The molecular weight excluding hydrogens is 354 g/mol. The number of hydrogen-bond donors (Lipinski definition) is 1. The van der Waals surface area contributed by atoms with Gasteiger partial charge in [-0.05, 0) is 42.3 Å². The summed E-state index contributed by atoms with van der Waals surface area (Å²) in [6.07, 6.45) is 0. The van der Waals surface area contributed by atoms with Crippen LogP contribution in [0.3, 0.4) is 0 Å². The number of rotatable bonds is 5. The Balaban J connectivity index is 2.15. The summed E-state index contributed by atoms with van der Waals surface area (Å²) in [4.78, 5) is 0.283. The molecule has 0 aromatic heterocycles. The smallest absolute Gasteiger partial charge is 0.241 e. The predicted molar refractivity (Wildman–Crippen MR) is 85.9 cm³/mol. The molecular formula is C15H16BrNO3S. The number of ether oxygens (including phenoxy) is 1. The fourth-order valence-corrected chi connectivity index (χ4v) is 3.66. The Bertz CT molecular complexity index is 727. The lowest BCUT2D eigenvalue weighted by Crippen LogP contribution is -2.24. The minimum absolute atomic E-state index is 0.234. The van der Waals surface area contributed by atoms with Gasteiger partial charge in [0.25, 0.3) is 0 Å². The van der Waals surface area contributed by atoms with Crippen LogP contribution in [0.1, 0.15) is 11.1 Å². The van der Waals surface area contributed by atoms with E-state index in [0.29, 0.717) is 5.56 Å². The fourth-order valence-electron chi connectivity index (χ4n) is 1.86. The summed E-state index contributed by atoms with van der Waals surface area (Å²) in [6, 6.07) is 12.4. The molecule has 0 amide bonds. The van der Waals surface area contributed by atoms with Crippen molar-refractivity contribution in [3.8, 4) is 5.75 Å². The number of sulfonamides is 1. The molecule has 6 heteroatoms. The van der Waals surface area contributed by atoms with Gasteiger partial charge in [-0.1, -0.05) is 34.1 Å². The lowest BCUT2D eigenvalue weighted by Gasteiger charge is -2.10. The van der Waals surface area contributed by atoms with E-state index in [2.05, 4.69) is 20.7 Å². The van der Waals surface area contributed by atoms with E-state index in [0.717, 1.165) is 15.8 Å². The second-order valence-corrected chi connectivity index (χ2v) is 7.23. The van der Waals surface area contributed by atoms with Gasteiger partial charge in [-0.2, -0.15) is 0 Å². The van der Waals surface area contributed by atoms with Crippen molar-refractivity contribution in [1.82, 2.24) is 4.72 Å². The summed E-state index contributed by atoms with van der Waals surface area (Å²) in [5, 5.41) is 0. The Labute approximate surface area is 133 Å². The molecule has 0 spiro atoms. The van der Waals surface area contributed by atoms with Gasteiger partial charge >= 0.3 is 0 Å². The molecule has 0 atom stereocenters. The van der Waals surface area contributed by atoms with Gasteiger partial charge in [-0.15, -0.1) is 0 Å². The summed E-state index contributed by atoms with van der Waals surface area (Å²) < 4.78 is 33.1. The Morgan fingerprint density at radius 2 is 1.81 bits per heavy atom. The topological polar surface area (TPSA) is 55.4 Å². The third kappa shape index (κ3) is 4.06. The van der Waals surface area contributed by atoms with Gasteiger partial charge in [0.05, 0.1) is 12.0 Å². The fraction of sp³-hybridized carbons (Fsp3) is 0.200. The second-order valence-electron chi connectivity index (χ2n) is 4.58. The third-order valence-corrected chi connectivity index (χ3v) is 5.10. The van der Waals surface area contributed by atoms with Crippen LogP contribution in [0.25, 0.3) is 0 Å². The van der Waals surface area contributed by atoms with Crippen LogP contribution in [-0.2, 0) is 16.6 Å². The zero-order chi connectivity index (χ0) is 15.5. The Hall–Kier alpha value is -1.37. The van der Waals surface area contributed by atoms with Gasteiger partial charge in [0.2, 0.25) is 10.0 Å². The van der Waals surface area contributed by atoms with Gasteiger partial charge < -0.3 is 4.74 Å². The second kappa shape index (κ2) is 6.60. The Morgan fingerprint density at radius 1 is 1.14 bits per heavy atom. The highest BCUT2D eigenvalue weighted by molar-refractivity contribution is 9.10. The molecule has 2 rings (SSSR count). The van der Waals surface area contributed by atoms with Crippen molar-refractivity contribution in [2.75, 3.05) is 7.11 Å². The highest BCUT2D eigenvalue weighted by atomic mass is 79.9. The SMILES string of the molecule is COc1ccc(CNS(=O)(=O)c2cc(Br)ccc2C)cc1. The van der Waals surface area contributed by atoms with E-state index in [4.69, 9.17) is 4.74 Å². The van der Waals surface area contributed by atoms with E-state index in [9.17, 15) is 8.42 Å². The molecule has 0 heterocycles. The van der Waals surface area contributed by atoms with Crippen molar-refractivity contribution in [3.05, 3.63) is 58.1 Å². The Kier molecular flexibility index (Phi) is 5.03. The molecule has 0 unspecified atom stereocenters. The highest BCUT2D eigenvalue weighted by Gasteiger charge is 2.16. The summed E-state index contributed by atoms with van der Waals surface area (Å²) in [6.45, 7) is 2.01. The Morgan fingerprint density at radius 3 is 2.43 bits per heavy atom. The number of benzene rings is 2. The zero-order valence-corrected chi connectivity index (χ0v) is 14.2. The normalized spacial score (nSPS) is 11.4. The molecule has 0 fully saturated rings. The molecule has 0 aliphatic heterocycles. The number of hydrogen-bond acceptors (Lipinski definition) is 3. The first-order valence-corrected chi connectivity index (χ1v) is 8.59. The number of nitrogens with one attached hydrogen (secondary N) is 1. The van der Waals surface area contributed by atoms with Crippen molar-refractivity contribution >= 4 is 26.0 Å². The molecule has 4 nitrogen and oxygen atoms in total. The summed E-state index contributed by atoms with van der Waals surface area (Å²) in [7, 11) is -1.95. The molecule has 0 saturated carbocycles. The minimum Gasteiger partial charge on any atom is -0.497 e. The van der Waals surface area contributed by atoms with Crippen LogP contribution in [-0.4, -0.2) is 15.5 Å². The van der Waals surface area contributed by atoms with E-state index in [1.165, 1.54) is 0 Å². The zero-order valence-electron chi connectivity index (χ0n) is 11.8. The van der Waals surface area contributed by atoms with Gasteiger partial charge in [0, 0.05) is 11.0 Å². The van der Waals surface area contributed by atoms with Gasteiger partial charge in [-0.3, -0.25) is 0 Å². The average Bonchev–Trinajstić information content (AvgIpc) is 2.48. The van der Waals surface area contributed by atoms with Gasteiger partial charge in [-0.25, -0.2) is 13.1 Å². The monoisotopic (exact) mass is 369 g/mol. The summed E-state index contributed by atoms with van der Waals surface area (Å²) in [5.41, 5.74) is 1.58. The maximum Gasteiger partial charge on any atom is 0.241 e. The lowest BCUT2D eigenvalue weighted by atomic mass is 10.2. The van der Waals surface area contributed by atoms with E-state index >= 15 is 0 Å². The van der Waals surface area contributed by atoms with Gasteiger partial charge in [0.15, 0.2) is 0 Å². The van der Waals surface area contributed by atoms with Crippen molar-refractivity contribution in [1.29, 1.82) is 0 Å². The van der Waals surface area contributed by atoms with Crippen LogP contribution in [0.15, 0.2) is 51.8 Å². The van der Waals surface area contributed by atoms with Crippen molar-refractivity contribution in [2.24, 2.45) is 0 Å². The third-order valence-electron chi connectivity index (χ3n) is 3.07. The minimum atomic E-state index is -3.54. The molecule has 21 heavy (non-hydrogen) atoms. The predicted octanol–water partition coefficient (Wildman–Crippen LogP) is 3.24. The van der Waals surface area contributed by atoms with E-state index < -0.39 is 10.0 Å². The molecule has 2 aromatic carbocycles. The molecule has 112 valence electrons. The van der Waals surface area contributed by atoms with Crippen LogP contribution in [0.2, 0.25) is 0 Å².